The molecule has 0 aliphatic carbocycles. The Morgan fingerprint density at radius 3 is 2.17 bits per heavy atom. The summed E-state index contributed by atoms with van der Waals surface area (Å²) >= 11 is 0. The number of carbonyl (C=O) groups is 2. The lowest BCUT2D eigenvalue weighted by Crippen LogP contribution is -2.10. The van der Waals surface area contributed by atoms with Gasteiger partial charge in [0.25, 0.3) is 0 Å². The molecular formula is C18H15N3O2. The monoisotopic (exact) mass is 305 g/mol. The molecule has 0 fully saturated rings. The minimum Gasteiger partial charge on any atom is -0.325 e. The molecule has 0 radical (unpaired) electrons. The maximum absolute atomic E-state index is 11.8. The Hall–Kier alpha value is -3.39. The van der Waals surface area contributed by atoms with Gasteiger partial charge in [-0.15, -0.1) is 0 Å². The van der Waals surface area contributed by atoms with Crippen LogP contribution in [-0.4, -0.2) is 11.8 Å². The number of nitrogens with zero attached hydrogens (tertiary/aromatic N) is 1. The molecule has 0 unspecified atom stereocenters. The van der Waals surface area contributed by atoms with E-state index in [0.29, 0.717) is 11.4 Å². The summed E-state index contributed by atoms with van der Waals surface area (Å²) < 4.78 is 0. The summed E-state index contributed by atoms with van der Waals surface area (Å²) in [7, 11) is 0. The van der Waals surface area contributed by atoms with Gasteiger partial charge < -0.3 is 10.6 Å². The first kappa shape index (κ1) is 16.0. The van der Waals surface area contributed by atoms with E-state index in [4.69, 9.17) is 5.26 Å². The molecule has 2 rings (SSSR count). The molecule has 0 bridgehead atoms. The zero-order valence-electron chi connectivity index (χ0n) is 12.3. The third kappa shape index (κ3) is 5.48. The Bertz CT molecular complexity index is 744. The third-order valence-corrected chi connectivity index (χ3v) is 2.90. The second-order valence-corrected chi connectivity index (χ2v) is 4.69. The SMILES string of the molecule is N#CCC(=O)Nc1ccc(NC(=O)/C=C/c2ccccc2)cc1. The second-order valence-electron chi connectivity index (χ2n) is 4.69. The lowest BCUT2D eigenvalue weighted by molar-refractivity contribution is -0.115. The Morgan fingerprint density at radius 1 is 0.957 bits per heavy atom. The van der Waals surface area contributed by atoms with Crippen LogP contribution in [0.15, 0.2) is 60.7 Å². The largest absolute Gasteiger partial charge is 0.325 e. The van der Waals surface area contributed by atoms with Crippen LogP contribution in [0.25, 0.3) is 6.08 Å². The molecule has 0 aliphatic heterocycles. The van der Waals surface area contributed by atoms with Gasteiger partial charge in [0.2, 0.25) is 11.8 Å². The van der Waals surface area contributed by atoms with Gasteiger partial charge in [-0.05, 0) is 35.9 Å². The standard InChI is InChI=1S/C18H15N3O2/c19-13-12-18(23)21-16-9-7-15(8-10-16)20-17(22)11-6-14-4-2-1-3-5-14/h1-11H,12H2,(H,20,22)(H,21,23)/b11-6+. The molecule has 2 aromatic rings. The molecule has 0 aliphatic rings. The molecule has 0 heterocycles. The summed E-state index contributed by atoms with van der Waals surface area (Å²) in [5.74, 6) is -0.606. The molecule has 23 heavy (non-hydrogen) atoms. The van der Waals surface area contributed by atoms with Crippen LogP contribution in [0.5, 0.6) is 0 Å². The van der Waals surface area contributed by atoms with E-state index in [0.717, 1.165) is 5.56 Å². The fraction of sp³-hybridized carbons (Fsp3) is 0.0556. The smallest absolute Gasteiger partial charge is 0.248 e. The van der Waals surface area contributed by atoms with E-state index >= 15 is 0 Å². The van der Waals surface area contributed by atoms with Gasteiger partial charge in [-0.2, -0.15) is 5.26 Å². The Kier molecular flexibility index (Phi) is 5.67. The van der Waals surface area contributed by atoms with Crippen molar-refractivity contribution in [2.45, 2.75) is 6.42 Å². The summed E-state index contributed by atoms with van der Waals surface area (Å²) in [5, 5.41) is 13.7. The molecular weight excluding hydrogens is 290 g/mol. The molecule has 0 saturated heterocycles. The van der Waals surface area contributed by atoms with Crippen LogP contribution < -0.4 is 10.6 Å². The van der Waals surface area contributed by atoms with E-state index in [9.17, 15) is 9.59 Å². The third-order valence-electron chi connectivity index (χ3n) is 2.90. The van der Waals surface area contributed by atoms with Crippen molar-refractivity contribution in [1.82, 2.24) is 0 Å². The normalized spacial score (nSPS) is 10.0. The van der Waals surface area contributed by atoms with Crippen LogP contribution in [0.2, 0.25) is 0 Å². The number of hydrogen-bond donors (Lipinski definition) is 2. The van der Waals surface area contributed by atoms with Gasteiger partial charge in [0.05, 0.1) is 6.07 Å². The van der Waals surface area contributed by atoms with E-state index in [1.54, 1.807) is 36.4 Å². The number of nitrogens with one attached hydrogen (secondary N) is 2. The Labute approximate surface area is 134 Å². The zero-order valence-corrected chi connectivity index (χ0v) is 12.3. The number of benzene rings is 2. The highest BCUT2D eigenvalue weighted by atomic mass is 16.2. The molecule has 114 valence electrons. The van der Waals surface area contributed by atoms with Crippen LogP contribution in [0.1, 0.15) is 12.0 Å². The fourth-order valence-corrected chi connectivity index (χ4v) is 1.83. The maximum atomic E-state index is 11.8. The Balaban J connectivity index is 1.90. The summed E-state index contributed by atoms with van der Waals surface area (Å²) in [6.07, 6.45) is 2.99. The molecule has 2 N–H and O–H groups in total. The van der Waals surface area contributed by atoms with Gasteiger partial charge >= 0.3 is 0 Å². The quantitative estimate of drug-likeness (QED) is 0.832. The van der Waals surface area contributed by atoms with Gasteiger partial charge in [0, 0.05) is 17.5 Å². The van der Waals surface area contributed by atoms with Gasteiger partial charge in [-0.25, -0.2) is 0 Å². The van der Waals surface area contributed by atoms with Crippen LogP contribution in [-0.2, 0) is 9.59 Å². The minimum atomic E-state index is -0.366. The van der Waals surface area contributed by atoms with Crippen molar-refractivity contribution in [3.63, 3.8) is 0 Å². The highest BCUT2D eigenvalue weighted by Crippen LogP contribution is 2.14. The lowest BCUT2D eigenvalue weighted by atomic mass is 10.2. The van der Waals surface area contributed by atoms with Gasteiger partial charge in [0.1, 0.15) is 6.42 Å². The number of hydrogen-bond acceptors (Lipinski definition) is 3. The summed E-state index contributed by atoms with van der Waals surface area (Å²) in [6, 6.07) is 18.0. The lowest BCUT2D eigenvalue weighted by Gasteiger charge is -2.05. The number of amides is 2. The predicted octanol–water partition coefficient (Wildman–Crippen LogP) is 3.19. The van der Waals surface area contributed by atoms with E-state index in [1.807, 2.05) is 30.3 Å². The highest BCUT2D eigenvalue weighted by Gasteiger charge is 2.02. The van der Waals surface area contributed by atoms with E-state index < -0.39 is 0 Å². The Morgan fingerprint density at radius 2 is 1.57 bits per heavy atom. The van der Waals surface area contributed by atoms with E-state index in [-0.39, 0.29) is 18.2 Å². The minimum absolute atomic E-state index is 0.192. The first-order chi connectivity index (χ1) is 11.2. The van der Waals surface area contributed by atoms with Crippen LogP contribution in [0, 0.1) is 11.3 Å². The molecule has 2 aromatic carbocycles. The average molecular weight is 305 g/mol. The van der Waals surface area contributed by atoms with Crippen LogP contribution in [0.4, 0.5) is 11.4 Å². The van der Waals surface area contributed by atoms with Crippen molar-refractivity contribution in [3.8, 4) is 6.07 Å². The summed E-state index contributed by atoms with van der Waals surface area (Å²) in [5.41, 5.74) is 2.13. The molecule has 0 atom stereocenters. The van der Waals surface area contributed by atoms with Crippen LogP contribution in [0.3, 0.4) is 0 Å². The van der Waals surface area contributed by atoms with Crippen molar-refractivity contribution in [3.05, 3.63) is 66.2 Å². The second kappa shape index (κ2) is 8.15. The van der Waals surface area contributed by atoms with E-state index in [1.165, 1.54) is 6.08 Å². The molecule has 5 heteroatoms. The van der Waals surface area contributed by atoms with Gasteiger partial charge in [0.15, 0.2) is 0 Å². The molecule has 5 nitrogen and oxygen atoms in total. The van der Waals surface area contributed by atoms with Gasteiger partial charge in [-0.1, -0.05) is 30.3 Å². The number of rotatable bonds is 5. The van der Waals surface area contributed by atoms with Crippen molar-refractivity contribution in [2.75, 3.05) is 10.6 Å². The average Bonchev–Trinajstić information content (AvgIpc) is 2.56. The van der Waals surface area contributed by atoms with Crippen molar-refractivity contribution < 1.29 is 9.59 Å². The first-order valence-corrected chi connectivity index (χ1v) is 6.98. The molecule has 0 spiro atoms. The fourth-order valence-electron chi connectivity index (χ4n) is 1.83. The van der Waals surface area contributed by atoms with Crippen LogP contribution >= 0.6 is 0 Å². The van der Waals surface area contributed by atoms with E-state index in [2.05, 4.69) is 10.6 Å². The first-order valence-electron chi connectivity index (χ1n) is 6.98. The van der Waals surface area contributed by atoms with Crippen molar-refractivity contribution >= 4 is 29.3 Å². The summed E-state index contributed by atoms with van der Waals surface area (Å²) in [4.78, 5) is 23.1. The van der Waals surface area contributed by atoms with Crippen molar-refractivity contribution in [1.29, 1.82) is 5.26 Å². The zero-order chi connectivity index (χ0) is 16.5. The van der Waals surface area contributed by atoms with Gasteiger partial charge in [-0.3, -0.25) is 9.59 Å². The predicted molar refractivity (Wildman–Crippen MR) is 89.4 cm³/mol. The van der Waals surface area contributed by atoms with Crippen molar-refractivity contribution in [2.24, 2.45) is 0 Å². The number of nitriles is 1. The highest BCUT2D eigenvalue weighted by molar-refractivity contribution is 6.02. The molecule has 0 aromatic heterocycles. The topological polar surface area (TPSA) is 82.0 Å². The molecule has 0 saturated carbocycles. The number of carbonyl (C=O) groups excluding carboxylic acids is 2. The maximum Gasteiger partial charge on any atom is 0.248 e. The number of anilines is 2. The summed E-state index contributed by atoms with van der Waals surface area (Å²) in [6.45, 7) is 0. The molecule has 2 amide bonds.